The van der Waals surface area contributed by atoms with Crippen LogP contribution in [0.15, 0.2) is 24.5 Å². The number of aryl methyl sites for hydroxylation is 2. The lowest BCUT2D eigenvalue weighted by Gasteiger charge is -2.35. The minimum Gasteiger partial charge on any atom is -0.395 e. The van der Waals surface area contributed by atoms with E-state index in [1.54, 1.807) is 24.1 Å². The molecule has 0 radical (unpaired) electrons. The van der Waals surface area contributed by atoms with Crippen molar-refractivity contribution in [1.29, 1.82) is 0 Å². The van der Waals surface area contributed by atoms with E-state index >= 15 is 0 Å². The number of aliphatic hydroxyl groups excluding tert-OH is 1. The number of pyridine rings is 1. The fourth-order valence-electron chi connectivity index (χ4n) is 2.97. The molecule has 1 fully saturated rings. The minimum atomic E-state index is -0.187. The number of nitrogens with one attached hydrogen (secondary N) is 1. The second-order valence-electron chi connectivity index (χ2n) is 6.23. The van der Waals surface area contributed by atoms with Gasteiger partial charge in [0.25, 0.3) is 5.91 Å². The molecule has 3 heterocycles. The highest BCUT2D eigenvalue weighted by molar-refractivity contribution is 6.07. The van der Waals surface area contributed by atoms with Crippen molar-refractivity contribution in [2.75, 3.05) is 49.5 Å². The molecular weight excluding hydrogens is 320 g/mol. The Kier molecular flexibility index (Phi) is 5.30. The van der Waals surface area contributed by atoms with Crippen LogP contribution in [-0.2, 0) is 7.05 Å². The van der Waals surface area contributed by atoms with Crippen molar-refractivity contribution in [2.24, 2.45) is 7.05 Å². The van der Waals surface area contributed by atoms with E-state index in [0.717, 1.165) is 31.9 Å². The molecule has 8 nitrogen and oxygen atoms in total. The number of hydrogen-bond donors (Lipinski definition) is 2. The van der Waals surface area contributed by atoms with Gasteiger partial charge < -0.3 is 15.3 Å². The molecule has 134 valence electrons. The van der Waals surface area contributed by atoms with Crippen LogP contribution in [-0.4, -0.2) is 70.0 Å². The monoisotopic (exact) mass is 344 g/mol. The van der Waals surface area contributed by atoms with Crippen LogP contribution in [0.2, 0.25) is 0 Å². The van der Waals surface area contributed by atoms with Gasteiger partial charge in [-0.25, -0.2) is 4.98 Å². The van der Waals surface area contributed by atoms with E-state index in [1.807, 2.05) is 19.1 Å². The zero-order valence-corrected chi connectivity index (χ0v) is 14.6. The van der Waals surface area contributed by atoms with Crippen LogP contribution in [0.25, 0.3) is 0 Å². The largest absolute Gasteiger partial charge is 0.395 e. The van der Waals surface area contributed by atoms with Crippen LogP contribution in [0.1, 0.15) is 16.1 Å². The molecule has 2 aromatic rings. The summed E-state index contributed by atoms with van der Waals surface area (Å²) in [7, 11) is 1.81. The highest BCUT2D eigenvalue weighted by Gasteiger charge is 2.23. The molecule has 1 aliphatic rings. The quantitative estimate of drug-likeness (QED) is 0.821. The number of aromatic nitrogens is 3. The van der Waals surface area contributed by atoms with E-state index in [2.05, 4.69) is 25.2 Å². The third kappa shape index (κ3) is 4.15. The fraction of sp³-hybridized carbons (Fsp3) is 0.471. The molecule has 0 aromatic carbocycles. The van der Waals surface area contributed by atoms with Crippen LogP contribution in [0.4, 0.5) is 11.5 Å². The number of nitrogens with zero attached hydrogens (tertiary/aromatic N) is 5. The van der Waals surface area contributed by atoms with Gasteiger partial charge in [-0.1, -0.05) is 0 Å². The van der Waals surface area contributed by atoms with Crippen LogP contribution in [0.5, 0.6) is 0 Å². The molecule has 1 aliphatic heterocycles. The van der Waals surface area contributed by atoms with Gasteiger partial charge in [0.1, 0.15) is 5.82 Å². The Morgan fingerprint density at radius 2 is 2.04 bits per heavy atom. The maximum absolute atomic E-state index is 12.7. The average molecular weight is 344 g/mol. The second kappa shape index (κ2) is 7.62. The van der Waals surface area contributed by atoms with Crippen molar-refractivity contribution in [2.45, 2.75) is 6.92 Å². The van der Waals surface area contributed by atoms with Crippen LogP contribution >= 0.6 is 0 Å². The Hall–Kier alpha value is -2.45. The van der Waals surface area contributed by atoms with Gasteiger partial charge in [0.2, 0.25) is 0 Å². The number of rotatable bonds is 5. The summed E-state index contributed by atoms with van der Waals surface area (Å²) in [4.78, 5) is 21.7. The highest BCUT2D eigenvalue weighted by Crippen LogP contribution is 2.21. The van der Waals surface area contributed by atoms with Crippen molar-refractivity contribution >= 4 is 17.4 Å². The molecule has 0 atom stereocenters. The zero-order valence-electron chi connectivity index (χ0n) is 14.6. The number of aliphatic hydroxyl groups is 1. The standard InChI is InChI=1S/C17H24N6O2/c1-13-3-4-15(17(25)20-14-11-18-21(2)12-14)16(19-13)23-7-5-22(6-8-23)9-10-24/h3-4,11-12,24H,5-10H2,1-2H3,(H,20,25). The van der Waals surface area contributed by atoms with Gasteiger partial charge in [0, 0.05) is 51.7 Å². The first-order chi connectivity index (χ1) is 12.1. The van der Waals surface area contributed by atoms with Crippen LogP contribution in [0.3, 0.4) is 0 Å². The molecule has 1 saturated heterocycles. The van der Waals surface area contributed by atoms with Crippen LogP contribution < -0.4 is 10.2 Å². The van der Waals surface area contributed by atoms with Gasteiger partial charge in [-0.05, 0) is 19.1 Å². The van der Waals surface area contributed by atoms with Gasteiger partial charge >= 0.3 is 0 Å². The third-order valence-electron chi connectivity index (χ3n) is 4.31. The van der Waals surface area contributed by atoms with E-state index in [1.165, 1.54) is 0 Å². The third-order valence-corrected chi connectivity index (χ3v) is 4.31. The Bertz CT molecular complexity index is 736. The van der Waals surface area contributed by atoms with Gasteiger partial charge in [0.15, 0.2) is 0 Å². The van der Waals surface area contributed by atoms with E-state index in [-0.39, 0.29) is 12.5 Å². The molecule has 0 bridgehead atoms. The molecular formula is C17H24N6O2. The first-order valence-corrected chi connectivity index (χ1v) is 8.42. The predicted molar refractivity (Wildman–Crippen MR) is 95.9 cm³/mol. The average Bonchev–Trinajstić information content (AvgIpc) is 3.00. The van der Waals surface area contributed by atoms with Crippen molar-refractivity contribution in [3.05, 3.63) is 35.8 Å². The van der Waals surface area contributed by atoms with Gasteiger partial charge in [-0.2, -0.15) is 5.10 Å². The van der Waals surface area contributed by atoms with Crippen LogP contribution in [0, 0.1) is 6.92 Å². The van der Waals surface area contributed by atoms with Crippen molar-refractivity contribution in [1.82, 2.24) is 19.7 Å². The second-order valence-corrected chi connectivity index (χ2v) is 6.23. The number of hydrogen-bond acceptors (Lipinski definition) is 6. The zero-order chi connectivity index (χ0) is 17.8. The number of amides is 1. The smallest absolute Gasteiger partial charge is 0.259 e. The first kappa shape index (κ1) is 17.4. The molecule has 0 aliphatic carbocycles. The first-order valence-electron chi connectivity index (χ1n) is 8.42. The van der Waals surface area contributed by atoms with Crippen molar-refractivity contribution in [3.8, 4) is 0 Å². The number of piperazine rings is 1. The summed E-state index contributed by atoms with van der Waals surface area (Å²) in [5, 5.41) is 16.0. The molecule has 0 saturated carbocycles. The Morgan fingerprint density at radius 1 is 1.28 bits per heavy atom. The predicted octanol–water partition coefficient (Wildman–Crippen LogP) is 0.490. The SMILES string of the molecule is Cc1ccc(C(=O)Nc2cnn(C)c2)c(N2CCN(CCO)CC2)n1. The lowest BCUT2D eigenvalue weighted by molar-refractivity contribution is 0.102. The Morgan fingerprint density at radius 3 is 2.68 bits per heavy atom. The van der Waals surface area contributed by atoms with Gasteiger partial charge in [-0.3, -0.25) is 14.4 Å². The molecule has 25 heavy (non-hydrogen) atoms. The maximum Gasteiger partial charge on any atom is 0.259 e. The summed E-state index contributed by atoms with van der Waals surface area (Å²) < 4.78 is 1.64. The van der Waals surface area contributed by atoms with E-state index < -0.39 is 0 Å². The number of β-amino-alcohol motifs (C(OH)–C–C–N with tert-alkyl or cyclic N) is 1. The highest BCUT2D eigenvalue weighted by atomic mass is 16.3. The number of carbonyl (C=O) groups is 1. The minimum absolute atomic E-state index is 0.168. The lowest BCUT2D eigenvalue weighted by atomic mass is 10.2. The van der Waals surface area contributed by atoms with E-state index in [9.17, 15) is 4.79 Å². The Balaban J connectivity index is 1.77. The molecule has 0 spiro atoms. The topological polar surface area (TPSA) is 86.5 Å². The van der Waals surface area contributed by atoms with E-state index in [4.69, 9.17) is 5.11 Å². The maximum atomic E-state index is 12.7. The van der Waals surface area contributed by atoms with Gasteiger partial charge in [0.05, 0.1) is 24.1 Å². The number of anilines is 2. The summed E-state index contributed by atoms with van der Waals surface area (Å²) in [6, 6.07) is 3.67. The molecule has 2 aromatic heterocycles. The Labute approximate surface area is 147 Å². The molecule has 0 unspecified atom stereocenters. The summed E-state index contributed by atoms with van der Waals surface area (Å²) in [5.41, 5.74) is 2.10. The molecule has 8 heteroatoms. The molecule has 2 N–H and O–H groups in total. The summed E-state index contributed by atoms with van der Waals surface area (Å²) in [5.74, 6) is 0.526. The normalized spacial score (nSPS) is 15.4. The lowest BCUT2D eigenvalue weighted by Crippen LogP contribution is -2.48. The molecule has 1 amide bonds. The van der Waals surface area contributed by atoms with Crippen molar-refractivity contribution in [3.63, 3.8) is 0 Å². The van der Waals surface area contributed by atoms with Gasteiger partial charge in [-0.15, -0.1) is 0 Å². The summed E-state index contributed by atoms with van der Waals surface area (Å²) in [6.45, 7) is 6.03. The fourth-order valence-corrected chi connectivity index (χ4v) is 2.97. The number of carbonyl (C=O) groups excluding carboxylic acids is 1. The van der Waals surface area contributed by atoms with E-state index in [0.29, 0.717) is 23.6 Å². The summed E-state index contributed by atoms with van der Waals surface area (Å²) >= 11 is 0. The van der Waals surface area contributed by atoms with Crippen molar-refractivity contribution < 1.29 is 9.90 Å². The molecule has 3 rings (SSSR count). The summed E-state index contributed by atoms with van der Waals surface area (Å²) in [6.07, 6.45) is 3.37.